The van der Waals surface area contributed by atoms with Crippen LogP contribution in [0.1, 0.15) is 53.4 Å². The fourth-order valence-electron chi connectivity index (χ4n) is 3.65. The standard InChI is InChI=1S/C27H24ClF6NO/c1-26(2,3)18-9-7-17(8-10-18)15-35(12-11-16-5-4-6-19(13-16)27(32,33)34)25(36)20-14-21(28)23(30)24(31)22(20)29/h4-10,13-14H,11-12,15H2,1-3H3. The number of alkyl halides is 3. The second-order valence-corrected chi connectivity index (χ2v) is 9.88. The first kappa shape index (κ1) is 27.6. The minimum absolute atomic E-state index is 0.00869. The topological polar surface area (TPSA) is 20.3 Å². The highest BCUT2D eigenvalue weighted by molar-refractivity contribution is 6.31. The van der Waals surface area contributed by atoms with Crippen LogP contribution in [0.5, 0.6) is 0 Å². The van der Waals surface area contributed by atoms with Crippen LogP contribution in [-0.2, 0) is 24.6 Å². The molecule has 36 heavy (non-hydrogen) atoms. The van der Waals surface area contributed by atoms with E-state index in [4.69, 9.17) is 11.6 Å². The minimum atomic E-state index is -4.54. The fraction of sp³-hybridized carbons (Fsp3) is 0.296. The van der Waals surface area contributed by atoms with Gasteiger partial charge in [0.1, 0.15) is 0 Å². The molecule has 0 atom stereocenters. The lowest BCUT2D eigenvalue weighted by Gasteiger charge is -2.25. The fourth-order valence-corrected chi connectivity index (χ4v) is 3.84. The number of rotatable bonds is 6. The third-order valence-corrected chi connectivity index (χ3v) is 6.01. The molecule has 0 N–H and O–H groups in total. The molecular weight excluding hydrogens is 504 g/mol. The van der Waals surface area contributed by atoms with Crippen LogP contribution in [0.4, 0.5) is 26.3 Å². The molecule has 3 aromatic rings. The van der Waals surface area contributed by atoms with Gasteiger partial charge in [-0.3, -0.25) is 4.79 Å². The van der Waals surface area contributed by atoms with Crippen molar-refractivity contribution in [1.29, 1.82) is 0 Å². The Labute approximate surface area is 210 Å². The number of hydrogen-bond donors (Lipinski definition) is 0. The number of amides is 1. The highest BCUT2D eigenvalue weighted by atomic mass is 35.5. The van der Waals surface area contributed by atoms with Gasteiger partial charge in [0, 0.05) is 13.1 Å². The van der Waals surface area contributed by atoms with Gasteiger partial charge in [-0.2, -0.15) is 13.2 Å². The van der Waals surface area contributed by atoms with Crippen molar-refractivity contribution in [2.75, 3.05) is 6.54 Å². The van der Waals surface area contributed by atoms with Crippen molar-refractivity contribution in [3.05, 3.63) is 105 Å². The highest BCUT2D eigenvalue weighted by Gasteiger charge is 2.30. The molecule has 0 aliphatic carbocycles. The van der Waals surface area contributed by atoms with Crippen LogP contribution in [0.3, 0.4) is 0 Å². The van der Waals surface area contributed by atoms with Gasteiger partial charge in [-0.05, 0) is 40.7 Å². The van der Waals surface area contributed by atoms with Crippen LogP contribution >= 0.6 is 11.6 Å². The van der Waals surface area contributed by atoms with E-state index in [9.17, 15) is 31.1 Å². The molecule has 3 rings (SSSR count). The first-order valence-electron chi connectivity index (χ1n) is 11.1. The summed E-state index contributed by atoms with van der Waals surface area (Å²) in [6.45, 7) is 5.93. The van der Waals surface area contributed by atoms with Gasteiger partial charge in [-0.25, -0.2) is 13.2 Å². The van der Waals surface area contributed by atoms with E-state index in [1.807, 2.05) is 32.9 Å². The number of carbonyl (C=O) groups is 1. The van der Waals surface area contributed by atoms with Crippen LogP contribution in [0.25, 0.3) is 0 Å². The predicted molar refractivity (Wildman–Crippen MR) is 126 cm³/mol. The summed E-state index contributed by atoms with van der Waals surface area (Å²) < 4.78 is 81.4. The van der Waals surface area contributed by atoms with Crippen molar-refractivity contribution >= 4 is 17.5 Å². The smallest absolute Gasteiger partial charge is 0.334 e. The van der Waals surface area contributed by atoms with Gasteiger partial charge < -0.3 is 4.90 Å². The summed E-state index contributed by atoms with van der Waals surface area (Å²) in [5.74, 6) is -6.15. The zero-order valence-corrected chi connectivity index (χ0v) is 20.6. The van der Waals surface area contributed by atoms with Gasteiger partial charge in [-0.15, -0.1) is 0 Å². The molecule has 0 unspecified atom stereocenters. The molecule has 0 heterocycles. The minimum Gasteiger partial charge on any atom is -0.334 e. The van der Waals surface area contributed by atoms with Gasteiger partial charge in [-0.1, -0.05) is 74.8 Å². The lowest BCUT2D eigenvalue weighted by Crippen LogP contribution is -2.33. The van der Waals surface area contributed by atoms with Crippen LogP contribution < -0.4 is 0 Å². The zero-order valence-electron chi connectivity index (χ0n) is 19.8. The average Bonchev–Trinajstić information content (AvgIpc) is 2.81. The molecule has 0 saturated carbocycles. The van der Waals surface area contributed by atoms with Gasteiger partial charge >= 0.3 is 6.18 Å². The molecular formula is C27H24ClF6NO. The van der Waals surface area contributed by atoms with Gasteiger partial charge in [0.15, 0.2) is 17.5 Å². The number of halogens is 7. The Morgan fingerprint density at radius 3 is 2.06 bits per heavy atom. The van der Waals surface area contributed by atoms with E-state index >= 15 is 0 Å². The van der Waals surface area contributed by atoms with Gasteiger partial charge in [0.25, 0.3) is 5.91 Å². The summed E-state index contributed by atoms with van der Waals surface area (Å²) >= 11 is 5.63. The SMILES string of the molecule is CC(C)(C)c1ccc(CN(CCc2cccc(C(F)(F)F)c2)C(=O)c2cc(Cl)c(F)c(F)c2F)cc1. The third kappa shape index (κ3) is 6.40. The Balaban J connectivity index is 1.93. The molecule has 0 aromatic heterocycles. The monoisotopic (exact) mass is 527 g/mol. The zero-order chi connectivity index (χ0) is 26.8. The Hall–Kier alpha value is -3.00. The maximum absolute atomic E-state index is 14.5. The predicted octanol–water partition coefficient (Wildman–Crippen LogP) is 7.96. The second-order valence-electron chi connectivity index (χ2n) is 9.47. The van der Waals surface area contributed by atoms with Crippen molar-refractivity contribution in [2.45, 2.75) is 45.3 Å². The molecule has 9 heteroatoms. The molecule has 0 aliphatic heterocycles. The summed E-state index contributed by atoms with van der Waals surface area (Å²) in [4.78, 5) is 14.4. The van der Waals surface area contributed by atoms with Crippen molar-refractivity contribution < 1.29 is 31.1 Å². The van der Waals surface area contributed by atoms with Crippen LogP contribution in [-0.4, -0.2) is 17.4 Å². The Morgan fingerprint density at radius 2 is 1.47 bits per heavy atom. The maximum Gasteiger partial charge on any atom is 0.416 e. The lowest BCUT2D eigenvalue weighted by atomic mass is 9.87. The molecule has 3 aromatic carbocycles. The van der Waals surface area contributed by atoms with Crippen LogP contribution in [0.2, 0.25) is 5.02 Å². The summed E-state index contributed by atoms with van der Waals surface area (Å²) in [5.41, 5.74) is 0.266. The van der Waals surface area contributed by atoms with Crippen LogP contribution in [0, 0.1) is 17.5 Å². The van der Waals surface area contributed by atoms with E-state index in [-0.39, 0.29) is 24.9 Å². The maximum atomic E-state index is 14.5. The molecule has 0 fully saturated rings. The molecule has 0 saturated heterocycles. The summed E-state index contributed by atoms with van der Waals surface area (Å²) in [6.07, 6.45) is -4.53. The summed E-state index contributed by atoms with van der Waals surface area (Å²) in [5, 5.41) is -0.760. The van der Waals surface area contributed by atoms with Crippen LogP contribution in [0.15, 0.2) is 54.6 Å². The van der Waals surface area contributed by atoms with E-state index < -0.39 is 45.7 Å². The number of nitrogens with zero attached hydrogens (tertiary/aromatic N) is 1. The van der Waals surface area contributed by atoms with Crippen molar-refractivity contribution in [1.82, 2.24) is 4.90 Å². The molecule has 0 spiro atoms. The number of carbonyl (C=O) groups excluding carboxylic acids is 1. The number of benzene rings is 3. The largest absolute Gasteiger partial charge is 0.416 e. The molecule has 0 aliphatic rings. The normalized spacial score (nSPS) is 12.1. The van der Waals surface area contributed by atoms with E-state index in [1.165, 1.54) is 17.0 Å². The Kier molecular flexibility index (Phi) is 8.08. The lowest BCUT2D eigenvalue weighted by molar-refractivity contribution is -0.137. The Bertz CT molecular complexity index is 1250. The quantitative estimate of drug-likeness (QED) is 0.181. The van der Waals surface area contributed by atoms with Crippen molar-refractivity contribution in [3.8, 4) is 0 Å². The molecule has 2 nitrogen and oxygen atoms in total. The van der Waals surface area contributed by atoms with Gasteiger partial charge in [0.05, 0.1) is 16.1 Å². The highest BCUT2D eigenvalue weighted by Crippen LogP contribution is 2.30. The molecule has 0 bridgehead atoms. The van der Waals surface area contributed by atoms with Crippen molar-refractivity contribution in [2.24, 2.45) is 0 Å². The van der Waals surface area contributed by atoms with E-state index in [0.717, 1.165) is 17.7 Å². The molecule has 0 radical (unpaired) electrons. The third-order valence-electron chi connectivity index (χ3n) is 5.74. The van der Waals surface area contributed by atoms with E-state index in [0.29, 0.717) is 17.2 Å². The first-order valence-corrected chi connectivity index (χ1v) is 11.4. The molecule has 192 valence electrons. The second kappa shape index (κ2) is 10.5. The summed E-state index contributed by atoms with van der Waals surface area (Å²) in [7, 11) is 0. The van der Waals surface area contributed by atoms with Crippen molar-refractivity contribution in [3.63, 3.8) is 0 Å². The number of hydrogen-bond acceptors (Lipinski definition) is 1. The molecule has 1 amide bonds. The summed E-state index contributed by atoms with van der Waals surface area (Å²) in [6, 6.07) is 12.6. The average molecular weight is 528 g/mol. The van der Waals surface area contributed by atoms with E-state index in [1.54, 1.807) is 12.1 Å². The van der Waals surface area contributed by atoms with E-state index in [2.05, 4.69) is 0 Å². The Morgan fingerprint density at radius 1 is 0.833 bits per heavy atom. The van der Waals surface area contributed by atoms with Gasteiger partial charge in [0.2, 0.25) is 0 Å². The first-order chi connectivity index (χ1) is 16.7.